The fourth-order valence-electron chi connectivity index (χ4n) is 8.93. The second-order valence-electron chi connectivity index (χ2n) is 20.4. The number of hydrogen-bond acceptors (Lipinski definition) is 5. The Kier molecular flexibility index (Phi) is 58.3. The highest BCUT2D eigenvalue weighted by Crippen LogP contribution is 2.17. The van der Waals surface area contributed by atoms with E-state index in [0.29, 0.717) is 12.8 Å². The zero-order chi connectivity index (χ0) is 50.6. The number of carbonyl (C=O) groups excluding carboxylic acids is 2. The maximum absolute atomic E-state index is 12.3. The van der Waals surface area contributed by atoms with Crippen LogP contribution in [0, 0.1) is 0 Å². The first kappa shape index (κ1) is 67.3. The molecule has 0 aliphatic carbocycles. The molecule has 0 saturated heterocycles. The van der Waals surface area contributed by atoms with Gasteiger partial charge in [-0.05, 0) is 83.5 Å². The van der Waals surface area contributed by atoms with Crippen molar-refractivity contribution in [1.82, 2.24) is 0 Å². The number of unbranched alkanes of at least 4 members (excludes halogenated alkanes) is 36. The van der Waals surface area contributed by atoms with Crippen LogP contribution in [-0.4, -0.2) is 36.4 Å². The molecule has 1 unspecified atom stereocenters. The highest BCUT2D eigenvalue weighted by Gasteiger charge is 2.16. The third kappa shape index (κ3) is 57.9. The van der Waals surface area contributed by atoms with E-state index in [1.54, 1.807) is 0 Å². The normalized spacial score (nSPS) is 12.7. The fourth-order valence-corrected chi connectivity index (χ4v) is 8.93. The minimum Gasteiger partial charge on any atom is -0.462 e. The molecule has 0 aliphatic rings. The molecule has 0 aliphatic heterocycles. The van der Waals surface area contributed by atoms with Crippen LogP contribution in [0.2, 0.25) is 0 Å². The van der Waals surface area contributed by atoms with Crippen molar-refractivity contribution in [3.05, 3.63) is 72.9 Å². The van der Waals surface area contributed by atoms with E-state index in [2.05, 4.69) is 86.8 Å². The first-order valence-electron chi connectivity index (χ1n) is 30.5. The molecular formula is C65H116O5. The molecular weight excluding hydrogens is 861 g/mol. The average molecular weight is 978 g/mol. The standard InChI is InChI=1S/C65H116O5/c1-3-5-7-9-11-13-15-17-19-21-23-25-27-28-29-30-31-32-33-34-35-36-38-40-42-44-46-48-50-52-54-56-58-60-65(68)70-63(61-66)62-69-64(67)59-57-55-53-51-49-47-45-43-41-39-37-26-24-22-20-18-16-14-12-10-8-6-4-2/h5,7,11,13,16-19,22-25,63,66H,3-4,6,8-10,12,14-15,20-21,26-62H2,1-2H3/b7-5-,13-11-,18-16-,19-17-,24-22-,25-23-. The van der Waals surface area contributed by atoms with Crippen LogP contribution in [0.3, 0.4) is 0 Å². The molecule has 0 aromatic carbocycles. The molecule has 0 fully saturated rings. The van der Waals surface area contributed by atoms with Gasteiger partial charge in [-0.2, -0.15) is 0 Å². The molecule has 70 heavy (non-hydrogen) atoms. The van der Waals surface area contributed by atoms with Crippen LogP contribution in [0.4, 0.5) is 0 Å². The first-order valence-corrected chi connectivity index (χ1v) is 30.5. The topological polar surface area (TPSA) is 72.8 Å². The summed E-state index contributed by atoms with van der Waals surface area (Å²) >= 11 is 0. The highest BCUT2D eigenvalue weighted by atomic mass is 16.6. The summed E-state index contributed by atoms with van der Waals surface area (Å²) in [5, 5.41) is 9.67. The molecule has 5 heteroatoms. The summed E-state index contributed by atoms with van der Waals surface area (Å²) in [6.07, 6.45) is 83.2. The largest absolute Gasteiger partial charge is 0.462 e. The SMILES string of the molecule is CC/C=C\C/C=C\C/C=C\C/C=C\CCCCCCCCCCCCCCCCCCCCCCC(=O)OC(CO)COC(=O)CCCCCCCCCCCCC/C=C\C/C=C\CCCCCCC. The van der Waals surface area contributed by atoms with Crippen molar-refractivity contribution in [3.8, 4) is 0 Å². The summed E-state index contributed by atoms with van der Waals surface area (Å²) < 4.78 is 10.7. The number of allylic oxidation sites excluding steroid dienone is 12. The van der Waals surface area contributed by atoms with E-state index >= 15 is 0 Å². The Balaban J connectivity index is 3.44. The van der Waals surface area contributed by atoms with Gasteiger partial charge < -0.3 is 14.6 Å². The molecule has 1 atom stereocenters. The van der Waals surface area contributed by atoms with E-state index in [0.717, 1.165) is 70.6 Å². The van der Waals surface area contributed by atoms with E-state index in [9.17, 15) is 14.7 Å². The lowest BCUT2D eigenvalue weighted by Crippen LogP contribution is -2.28. The molecule has 1 N–H and O–H groups in total. The van der Waals surface area contributed by atoms with Crippen molar-refractivity contribution in [2.24, 2.45) is 0 Å². The maximum atomic E-state index is 12.3. The molecule has 0 aromatic heterocycles. The van der Waals surface area contributed by atoms with Gasteiger partial charge in [-0.25, -0.2) is 0 Å². The van der Waals surface area contributed by atoms with Gasteiger partial charge in [0.25, 0.3) is 0 Å². The smallest absolute Gasteiger partial charge is 0.306 e. The summed E-state index contributed by atoms with van der Waals surface area (Å²) in [4.78, 5) is 24.6. The Bertz CT molecular complexity index is 1240. The molecule has 0 rings (SSSR count). The predicted molar refractivity (Wildman–Crippen MR) is 306 cm³/mol. The second-order valence-corrected chi connectivity index (χ2v) is 20.4. The Labute approximate surface area is 435 Å². The molecule has 0 spiro atoms. The molecule has 0 saturated carbocycles. The molecule has 0 aromatic rings. The molecule has 0 heterocycles. The quantitative estimate of drug-likeness (QED) is 0.0373. The van der Waals surface area contributed by atoms with Crippen molar-refractivity contribution in [2.45, 2.75) is 315 Å². The fraction of sp³-hybridized carbons (Fsp3) is 0.785. The van der Waals surface area contributed by atoms with Crippen LogP contribution in [0.15, 0.2) is 72.9 Å². The first-order chi connectivity index (χ1) is 34.6. The van der Waals surface area contributed by atoms with Crippen LogP contribution in [-0.2, 0) is 19.1 Å². The lowest BCUT2D eigenvalue weighted by atomic mass is 10.0. The number of aliphatic hydroxyl groups excluding tert-OH is 1. The minimum atomic E-state index is -0.774. The highest BCUT2D eigenvalue weighted by molar-refractivity contribution is 5.70. The van der Waals surface area contributed by atoms with Crippen molar-refractivity contribution in [1.29, 1.82) is 0 Å². The Morgan fingerprint density at radius 1 is 0.343 bits per heavy atom. The summed E-state index contributed by atoms with van der Waals surface area (Å²) in [6.45, 7) is 4.05. The number of hydrogen-bond donors (Lipinski definition) is 1. The van der Waals surface area contributed by atoms with Crippen LogP contribution in [0.1, 0.15) is 309 Å². The summed E-state index contributed by atoms with van der Waals surface area (Å²) in [5.41, 5.74) is 0. The lowest BCUT2D eigenvalue weighted by molar-refractivity contribution is -0.161. The Morgan fingerprint density at radius 2 is 0.614 bits per heavy atom. The number of carbonyl (C=O) groups is 2. The van der Waals surface area contributed by atoms with Crippen LogP contribution < -0.4 is 0 Å². The van der Waals surface area contributed by atoms with Gasteiger partial charge in [0.15, 0.2) is 6.10 Å². The number of aliphatic hydroxyl groups is 1. The zero-order valence-electron chi connectivity index (χ0n) is 46.5. The molecule has 406 valence electrons. The molecule has 5 nitrogen and oxygen atoms in total. The van der Waals surface area contributed by atoms with Crippen molar-refractivity contribution in [2.75, 3.05) is 13.2 Å². The van der Waals surface area contributed by atoms with Crippen LogP contribution in [0.5, 0.6) is 0 Å². The van der Waals surface area contributed by atoms with Crippen LogP contribution in [0.25, 0.3) is 0 Å². The number of ether oxygens (including phenoxy) is 2. The van der Waals surface area contributed by atoms with Gasteiger partial charge in [0.05, 0.1) is 6.61 Å². The van der Waals surface area contributed by atoms with Gasteiger partial charge in [0, 0.05) is 12.8 Å². The zero-order valence-corrected chi connectivity index (χ0v) is 46.5. The van der Waals surface area contributed by atoms with Gasteiger partial charge in [0.1, 0.15) is 6.61 Å². The lowest BCUT2D eigenvalue weighted by Gasteiger charge is -2.15. The maximum Gasteiger partial charge on any atom is 0.306 e. The minimum absolute atomic E-state index is 0.0652. The van der Waals surface area contributed by atoms with Gasteiger partial charge >= 0.3 is 11.9 Å². The molecule has 0 amide bonds. The van der Waals surface area contributed by atoms with E-state index in [1.165, 1.54) is 212 Å². The Morgan fingerprint density at radius 3 is 0.929 bits per heavy atom. The van der Waals surface area contributed by atoms with Crippen LogP contribution >= 0.6 is 0 Å². The van der Waals surface area contributed by atoms with Gasteiger partial charge in [-0.1, -0.05) is 286 Å². The van der Waals surface area contributed by atoms with Gasteiger partial charge in [-0.3, -0.25) is 9.59 Å². The molecule has 0 radical (unpaired) electrons. The van der Waals surface area contributed by atoms with Gasteiger partial charge in [0.2, 0.25) is 0 Å². The third-order valence-electron chi connectivity index (χ3n) is 13.5. The van der Waals surface area contributed by atoms with Gasteiger partial charge in [-0.15, -0.1) is 0 Å². The second kappa shape index (κ2) is 60.6. The van der Waals surface area contributed by atoms with E-state index < -0.39 is 6.10 Å². The third-order valence-corrected chi connectivity index (χ3v) is 13.5. The van der Waals surface area contributed by atoms with E-state index in [-0.39, 0.29) is 25.2 Å². The number of esters is 2. The van der Waals surface area contributed by atoms with Crippen molar-refractivity contribution < 1.29 is 24.2 Å². The monoisotopic (exact) mass is 977 g/mol. The van der Waals surface area contributed by atoms with E-state index in [4.69, 9.17) is 9.47 Å². The average Bonchev–Trinajstić information content (AvgIpc) is 3.36. The molecule has 0 bridgehead atoms. The summed E-state index contributed by atoms with van der Waals surface area (Å²) in [5.74, 6) is -0.580. The summed E-state index contributed by atoms with van der Waals surface area (Å²) in [6, 6.07) is 0. The number of rotatable bonds is 56. The summed E-state index contributed by atoms with van der Waals surface area (Å²) in [7, 11) is 0. The van der Waals surface area contributed by atoms with Crippen molar-refractivity contribution in [3.63, 3.8) is 0 Å². The van der Waals surface area contributed by atoms with E-state index in [1.807, 2.05) is 0 Å². The Hall–Kier alpha value is -2.66. The predicted octanol–water partition coefficient (Wildman–Crippen LogP) is 20.8. The van der Waals surface area contributed by atoms with Crippen molar-refractivity contribution >= 4 is 11.9 Å².